The van der Waals surface area contributed by atoms with Crippen LogP contribution < -0.4 is 5.32 Å². The number of allylic oxidation sites excluding steroid dienone is 4. The van der Waals surface area contributed by atoms with Crippen molar-refractivity contribution in [2.45, 2.75) is 88.7 Å². The smallest absolute Gasteiger partial charge is 0.325 e. The van der Waals surface area contributed by atoms with Crippen LogP contribution >= 0.6 is 11.6 Å². The summed E-state index contributed by atoms with van der Waals surface area (Å²) in [6.45, 7) is 4.50. The van der Waals surface area contributed by atoms with Crippen LogP contribution in [0.5, 0.6) is 0 Å². The van der Waals surface area contributed by atoms with Crippen molar-refractivity contribution < 1.29 is 49.4 Å². The van der Waals surface area contributed by atoms with Crippen molar-refractivity contribution in [3.63, 3.8) is 0 Å². The summed E-state index contributed by atoms with van der Waals surface area (Å²) in [7, 11) is 0. The molecule has 5 N–H and O–H groups in total. The van der Waals surface area contributed by atoms with Gasteiger partial charge in [0.2, 0.25) is 11.7 Å². The minimum atomic E-state index is -1.87. The summed E-state index contributed by atoms with van der Waals surface area (Å²) >= 11 is 7.42. The maximum atomic E-state index is 13.6. The molecule has 43 heavy (non-hydrogen) atoms. The Morgan fingerprint density at radius 2 is 1.88 bits per heavy atom. The van der Waals surface area contributed by atoms with Crippen LogP contribution in [0.1, 0.15) is 72.1 Å². The molecule has 13 heteroatoms. The Labute approximate surface area is 255 Å². The minimum Gasteiger partial charge on any atom is -0.456 e. The minimum absolute atomic E-state index is 0.0588. The number of amides is 1. The summed E-state index contributed by atoms with van der Waals surface area (Å²) in [5.41, 5.74) is -2.77. The number of halogens is 1. The highest BCUT2D eigenvalue weighted by Gasteiger charge is 2.74. The Kier molecular flexibility index (Phi) is 9.92. The number of esters is 1. The molecule has 4 aliphatic rings. The van der Waals surface area contributed by atoms with Crippen LogP contribution in [-0.2, 0) is 28.8 Å². The van der Waals surface area contributed by atoms with E-state index < -0.39 is 58.2 Å². The highest BCUT2D eigenvalue weighted by Crippen LogP contribution is 2.71. The lowest BCUT2D eigenvalue weighted by molar-refractivity contribution is -0.492. The highest BCUT2D eigenvalue weighted by atomic mass is 35.5. The molecule has 3 saturated carbocycles. The molecule has 0 bridgehead atoms. The number of unbranched alkanes of at least 4 members (excludes halogenated alkanes) is 2. The van der Waals surface area contributed by atoms with Gasteiger partial charge in [0.25, 0.3) is 0 Å². The number of Topliss-reactive ketones (excluding diaryl/α,β-unsaturated/α-hetero) is 1. The Hall–Kier alpha value is -2.19. The topological polar surface area (TPSA) is 183 Å². The van der Waals surface area contributed by atoms with Crippen LogP contribution in [0.4, 0.5) is 0 Å². The first kappa shape index (κ1) is 33.7. The molecule has 0 aliphatic heterocycles. The number of fused-ring (bicyclic) bond motifs is 5. The first-order valence-corrected chi connectivity index (χ1v) is 15.3. The van der Waals surface area contributed by atoms with E-state index in [4.69, 9.17) is 26.8 Å². The second kappa shape index (κ2) is 12.7. The molecule has 4 aliphatic carbocycles. The quantitative estimate of drug-likeness (QED) is 0.0928. The van der Waals surface area contributed by atoms with Gasteiger partial charge in [-0.1, -0.05) is 38.8 Å². The van der Waals surface area contributed by atoms with E-state index in [1.807, 2.05) is 13.8 Å². The Balaban J connectivity index is 1.35. The van der Waals surface area contributed by atoms with E-state index in [9.17, 15) is 29.4 Å². The van der Waals surface area contributed by atoms with Crippen molar-refractivity contribution in [2.24, 2.45) is 28.6 Å². The summed E-state index contributed by atoms with van der Waals surface area (Å²) in [5.74, 6) is -2.89. The molecule has 3 fully saturated rings. The van der Waals surface area contributed by atoms with E-state index in [0.29, 0.717) is 38.5 Å². The molecule has 4 rings (SSSR count). The number of alkyl halides is 1. The number of carbonyl (C=O) groups excluding carboxylic acids is 4. The number of aliphatic hydroxyl groups is 2. The van der Waals surface area contributed by atoms with E-state index >= 15 is 0 Å². The van der Waals surface area contributed by atoms with Gasteiger partial charge < -0.3 is 20.3 Å². The van der Waals surface area contributed by atoms with Crippen molar-refractivity contribution in [3.8, 4) is 0 Å². The van der Waals surface area contributed by atoms with Gasteiger partial charge in [-0.2, -0.15) is 0 Å². The van der Waals surface area contributed by atoms with Gasteiger partial charge in [0.1, 0.15) is 12.1 Å². The average molecular weight is 627 g/mol. The Morgan fingerprint density at radius 3 is 2.58 bits per heavy atom. The van der Waals surface area contributed by atoms with Crippen LogP contribution in [0.2, 0.25) is 0 Å². The number of carbonyl (C=O) groups is 4. The van der Waals surface area contributed by atoms with Gasteiger partial charge >= 0.3 is 5.97 Å². The summed E-state index contributed by atoms with van der Waals surface area (Å²) in [6, 6.07) is 0. The second-order valence-electron chi connectivity index (χ2n) is 12.9. The largest absolute Gasteiger partial charge is 0.456 e. The van der Waals surface area contributed by atoms with E-state index in [1.54, 1.807) is 19.1 Å². The van der Waals surface area contributed by atoms with Crippen LogP contribution in [0.3, 0.4) is 0 Å². The molecule has 12 nitrogen and oxygen atoms in total. The van der Waals surface area contributed by atoms with Crippen molar-refractivity contribution in [1.82, 2.24) is 10.7 Å². The van der Waals surface area contributed by atoms with E-state index in [-0.39, 0.29) is 48.4 Å². The van der Waals surface area contributed by atoms with E-state index in [1.165, 1.54) is 6.08 Å². The van der Waals surface area contributed by atoms with Gasteiger partial charge in [0.15, 0.2) is 12.4 Å². The number of aliphatic hydroxyl groups excluding tert-OH is 1. The van der Waals surface area contributed by atoms with Crippen LogP contribution in [0, 0.1) is 28.6 Å². The van der Waals surface area contributed by atoms with Crippen molar-refractivity contribution in [3.05, 3.63) is 23.8 Å². The fourth-order valence-corrected chi connectivity index (χ4v) is 8.94. The third-order valence-electron chi connectivity index (χ3n) is 10.7. The van der Waals surface area contributed by atoms with E-state index in [2.05, 4.69) is 10.2 Å². The summed E-state index contributed by atoms with van der Waals surface area (Å²) < 4.78 is 5.17. The lowest BCUT2D eigenvalue weighted by atomic mass is 9.45. The summed E-state index contributed by atoms with van der Waals surface area (Å²) in [5, 5.41) is 42.7. The van der Waals surface area contributed by atoms with Crippen molar-refractivity contribution in [2.75, 3.05) is 19.8 Å². The molecule has 0 aromatic heterocycles. The average Bonchev–Trinajstić information content (AvgIpc) is 3.14. The van der Waals surface area contributed by atoms with Crippen LogP contribution in [0.25, 0.3) is 0 Å². The molecular weight excluding hydrogens is 584 g/mol. The molecule has 240 valence electrons. The second-order valence-corrected chi connectivity index (χ2v) is 13.6. The van der Waals surface area contributed by atoms with Crippen molar-refractivity contribution >= 4 is 35.0 Å². The predicted molar refractivity (Wildman–Crippen MR) is 151 cm³/mol. The summed E-state index contributed by atoms with van der Waals surface area (Å²) in [4.78, 5) is 53.4. The summed E-state index contributed by atoms with van der Waals surface area (Å²) in [6.07, 6.45) is 7.31. The molecule has 0 heterocycles. The first-order chi connectivity index (χ1) is 20.1. The van der Waals surface area contributed by atoms with Gasteiger partial charge in [0, 0.05) is 17.3 Å². The number of ketones is 2. The molecular formula is C30H43ClN2O10. The standard InChI is InChI=1S/C30H43ClN2O10/c1-18-13-22-21-9-8-19-14-20(34)10-11-27(19,2)29(21,31)23(35)15-28(22,3)30(18,39)24(36)17-42-26(38)16-32-25(37)7-5-4-6-12-43-33(40)41/h10-11,14,18,21-23,35,39-41H,4-9,12-13,15-17H2,1-3H3,(H,32,37)/t18-,21-,22-,23-,27-,28-,29-,30-/m0/s1. The molecule has 0 radical (unpaired) electrons. The molecule has 0 aromatic rings. The van der Waals surface area contributed by atoms with Gasteiger partial charge in [-0.25, -0.2) is 0 Å². The molecule has 0 saturated heterocycles. The normalized spacial score (nSPS) is 38.2. The number of nitrogens with one attached hydrogen (secondary N) is 1. The number of hydrogen-bond donors (Lipinski definition) is 5. The monoisotopic (exact) mass is 626 g/mol. The fourth-order valence-electron chi connectivity index (χ4n) is 8.42. The zero-order valence-corrected chi connectivity index (χ0v) is 25.6. The van der Waals surface area contributed by atoms with Gasteiger partial charge in [-0.05, 0) is 68.4 Å². The first-order valence-electron chi connectivity index (χ1n) is 14.9. The van der Waals surface area contributed by atoms with E-state index in [0.717, 1.165) is 5.57 Å². The Morgan fingerprint density at radius 1 is 1.16 bits per heavy atom. The van der Waals surface area contributed by atoms with Crippen LogP contribution in [-0.4, -0.2) is 85.8 Å². The lowest BCUT2D eigenvalue weighted by Crippen LogP contribution is -2.69. The number of ether oxygens (including phenoxy) is 1. The van der Waals surface area contributed by atoms with Gasteiger partial charge in [-0.15, -0.1) is 11.6 Å². The number of nitrogens with zero attached hydrogens (tertiary/aromatic N) is 1. The van der Waals surface area contributed by atoms with Crippen LogP contribution in [0.15, 0.2) is 23.8 Å². The van der Waals surface area contributed by atoms with Gasteiger partial charge in [-0.3, -0.25) is 34.4 Å². The van der Waals surface area contributed by atoms with Crippen molar-refractivity contribution in [1.29, 1.82) is 0 Å². The Bertz CT molecular complexity index is 1190. The third kappa shape index (κ3) is 5.83. The third-order valence-corrected chi connectivity index (χ3v) is 11.6. The van der Waals surface area contributed by atoms with Gasteiger partial charge in [0.05, 0.1) is 23.0 Å². The maximum absolute atomic E-state index is 13.6. The molecule has 0 spiro atoms. The number of hydrogen-bond acceptors (Lipinski definition) is 11. The SMILES string of the molecule is C[C@H]1C[C@H]2[C@@H]3CCC4=CC(=O)C=C[C@]4(C)[C@@]3(Cl)[C@@H](O)C[C@]2(C)[C@@]1(O)C(=O)COC(=O)CNC(=O)CCCCCON(O)O. The lowest BCUT2D eigenvalue weighted by Gasteiger charge is -2.63. The molecule has 8 atom stereocenters. The molecule has 1 amide bonds. The number of rotatable bonds is 12. The molecule has 0 aromatic carbocycles. The predicted octanol–water partition coefficient (Wildman–Crippen LogP) is 2.40. The maximum Gasteiger partial charge on any atom is 0.325 e. The molecule has 0 unspecified atom stereocenters. The zero-order chi connectivity index (χ0) is 31.8. The highest BCUT2D eigenvalue weighted by molar-refractivity contribution is 6.26. The fraction of sp³-hybridized carbons (Fsp3) is 0.733. The zero-order valence-electron chi connectivity index (χ0n) is 24.9.